The molecule has 2 aliphatic heterocycles. The van der Waals surface area contributed by atoms with Crippen LogP contribution in [0.2, 0.25) is 36.3 Å². The molecule has 430 valence electrons. The molecule has 2 N–H and O–H groups in total. The maximum absolute atomic E-state index is 14.9. The number of fused-ring (bicyclic) bond motifs is 1. The summed E-state index contributed by atoms with van der Waals surface area (Å²) in [6.45, 7) is 35.4. The molecule has 1 aliphatic carbocycles. The van der Waals surface area contributed by atoms with Gasteiger partial charge in [-0.3, -0.25) is 39.6 Å². The normalized spacial score (nSPS) is 17.1. The Labute approximate surface area is 465 Å². The molecule has 1 aromatic heterocycles. The standard InChI is InChI=1S/C57H79N5O15Si2/c1-33-20-36(31-73-78(16,17)56(6,7)8)61(27-33)51(65)38-22-43(69-13)45(24-40(38)58-53(67)72-30-35-29-60(12)49-42(63)26-47(71-15)50(64)48(35)49)76-77-46-25-41(59-54(68)75-55(3,4)5)39(23-44(46)70-14)52(66)62-28-34(2)21-37(62)32-74-79(18,19)57(9,10)11/h22-26,29,36-37H,1-2,20-21,27-28,30-32H2,3-19H3,(H,58,67)(H,59,68)/t36-,37-/m0/s1. The summed E-state index contributed by atoms with van der Waals surface area (Å²) in [5.74, 6) is -2.37. The van der Waals surface area contributed by atoms with E-state index in [1.807, 2.05) is 0 Å². The molecule has 0 saturated carbocycles. The number of ether oxygens (including phenoxy) is 5. The Bertz CT molecular complexity index is 2960. The molecule has 3 heterocycles. The summed E-state index contributed by atoms with van der Waals surface area (Å²) in [5.41, 5.74) is 1.04. The van der Waals surface area contributed by atoms with Crippen LogP contribution in [0.15, 0.2) is 66.6 Å². The first-order valence-corrected chi connectivity index (χ1v) is 31.9. The molecule has 22 heteroatoms. The van der Waals surface area contributed by atoms with Crippen LogP contribution in [0.4, 0.5) is 21.0 Å². The zero-order valence-corrected chi connectivity index (χ0v) is 50.9. The van der Waals surface area contributed by atoms with E-state index in [0.29, 0.717) is 12.8 Å². The molecule has 2 fully saturated rings. The molecule has 4 amide bonds. The lowest BCUT2D eigenvalue weighted by Crippen LogP contribution is -2.46. The maximum atomic E-state index is 14.9. The van der Waals surface area contributed by atoms with Crippen molar-refractivity contribution in [2.45, 2.75) is 136 Å². The van der Waals surface area contributed by atoms with E-state index in [4.69, 9.17) is 42.3 Å². The number of anilines is 2. The van der Waals surface area contributed by atoms with Crippen LogP contribution in [0, 0.1) is 0 Å². The Hall–Kier alpha value is -6.89. The number of carbonyl (C=O) groups excluding carboxylic acids is 6. The average molecular weight is 1130 g/mol. The van der Waals surface area contributed by atoms with Crippen molar-refractivity contribution < 1.29 is 71.1 Å². The van der Waals surface area contributed by atoms with Gasteiger partial charge in [0, 0.05) is 50.1 Å². The highest BCUT2D eigenvalue weighted by Crippen LogP contribution is 2.42. The second kappa shape index (κ2) is 23.4. The van der Waals surface area contributed by atoms with Crippen LogP contribution in [0.3, 0.4) is 0 Å². The number of nitrogens with one attached hydrogen (secondary N) is 2. The number of benzene rings is 2. The molecule has 79 heavy (non-hydrogen) atoms. The van der Waals surface area contributed by atoms with Gasteiger partial charge in [0.15, 0.2) is 33.9 Å². The van der Waals surface area contributed by atoms with Crippen LogP contribution in [0.25, 0.3) is 0 Å². The number of aryl methyl sites for hydroxylation is 1. The Morgan fingerprint density at radius 2 is 1.10 bits per heavy atom. The van der Waals surface area contributed by atoms with Gasteiger partial charge in [0.1, 0.15) is 17.9 Å². The second-order valence-electron chi connectivity index (χ2n) is 24.2. The third-order valence-corrected chi connectivity index (χ3v) is 24.1. The Morgan fingerprint density at radius 1 is 0.658 bits per heavy atom. The fourth-order valence-corrected chi connectivity index (χ4v) is 10.8. The van der Waals surface area contributed by atoms with E-state index in [0.717, 1.165) is 17.2 Å². The van der Waals surface area contributed by atoms with Crippen LogP contribution < -0.4 is 29.9 Å². The molecule has 6 rings (SSSR count). The van der Waals surface area contributed by atoms with E-state index in [-0.39, 0.29) is 111 Å². The summed E-state index contributed by atoms with van der Waals surface area (Å²) in [5, 5.41) is 5.21. The summed E-state index contributed by atoms with van der Waals surface area (Å²) in [6.07, 6.45) is 1.72. The molecule has 2 saturated heterocycles. The van der Waals surface area contributed by atoms with Crippen molar-refractivity contribution in [1.82, 2.24) is 14.4 Å². The van der Waals surface area contributed by atoms with Gasteiger partial charge in [-0.15, -0.1) is 0 Å². The van der Waals surface area contributed by atoms with Gasteiger partial charge in [-0.05, 0) is 82.0 Å². The minimum absolute atomic E-state index is 0.00209. The molecular weight excluding hydrogens is 1050 g/mol. The third-order valence-electron chi connectivity index (χ3n) is 15.1. The molecule has 0 unspecified atom stereocenters. The van der Waals surface area contributed by atoms with Gasteiger partial charge in [0.25, 0.3) is 11.8 Å². The van der Waals surface area contributed by atoms with Gasteiger partial charge in [-0.25, -0.2) is 9.59 Å². The number of rotatable bonds is 18. The highest BCUT2D eigenvalue weighted by atomic mass is 28.4. The van der Waals surface area contributed by atoms with Crippen LogP contribution in [-0.4, -0.2) is 132 Å². The van der Waals surface area contributed by atoms with Crippen LogP contribution in [-0.2, 0) is 36.7 Å². The molecule has 2 aromatic carbocycles. The maximum Gasteiger partial charge on any atom is 0.412 e. The van der Waals surface area contributed by atoms with Crippen molar-refractivity contribution in [2.24, 2.45) is 7.05 Å². The van der Waals surface area contributed by atoms with E-state index >= 15 is 0 Å². The number of methoxy groups -OCH3 is 3. The van der Waals surface area contributed by atoms with E-state index < -0.39 is 70.5 Å². The molecule has 20 nitrogen and oxygen atoms in total. The lowest BCUT2D eigenvalue weighted by molar-refractivity contribution is -0.103. The van der Waals surface area contributed by atoms with Gasteiger partial charge in [0.2, 0.25) is 23.1 Å². The summed E-state index contributed by atoms with van der Waals surface area (Å²) in [6, 6.07) is 4.70. The number of nitrogens with zero attached hydrogens (tertiary/aromatic N) is 3. The zero-order valence-electron chi connectivity index (χ0n) is 48.9. The van der Waals surface area contributed by atoms with Gasteiger partial charge < -0.3 is 46.9 Å². The summed E-state index contributed by atoms with van der Waals surface area (Å²) < 4.78 is 42.7. The number of amides is 4. The lowest BCUT2D eigenvalue weighted by atomic mass is 9.97. The number of hydrogen-bond acceptors (Lipinski definition) is 15. The van der Waals surface area contributed by atoms with Crippen LogP contribution in [0.1, 0.15) is 122 Å². The Morgan fingerprint density at radius 3 is 1.51 bits per heavy atom. The fourth-order valence-electron chi connectivity index (χ4n) is 8.68. The monoisotopic (exact) mass is 1130 g/mol. The number of ketones is 2. The molecule has 3 aliphatic rings. The number of carbonyl (C=O) groups is 6. The molecule has 0 radical (unpaired) electrons. The number of likely N-dealkylation sites (tertiary alicyclic amines) is 2. The first-order chi connectivity index (χ1) is 36.6. The van der Waals surface area contributed by atoms with Gasteiger partial charge in [-0.1, -0.05) is 65.8 Å². The predicted molar refractivity (Wildman–Crippen MR) is 304 cm³/mol. The van der Waals surface area contributed by atoms with E-state index in [1.165, 1.54) is 56.4 Å². The van der Waals surface area contributed by atoms with E-state index in [2.05, 4.69) is 91.5 Å². The second-order valence-corrected chi connectivity index (χ2v) is 33.8. The SMILES string of the molecule is C=C1C[C@@H](CO[Si](C)(C)C(C)(C)C)N(C(=O)c2cc(OC)c(OOc3cc(NC(=O)OC(C)(C)C)c(C(=O)N4CC(=C)C[C@H]4CO[Si](C)(C)C(C)(C)C)cc3OC)cc2NC(=O)OCc2cn(C)c3c2C(=O)C(OC)=CC3=O)C1. The Balaban J connectivity index is 1.37. The lowest BCUT2D eigenvalue weighted by Gasteiger charge is -2.38. The molecular formula is C57H79N5O15Si2. The highest BCUT2D eigenvalue weighted by Gasteiger charge is 2.43. The summed E-state index contributed by atoms with van der Waals surface area (Å²) >= 11 is 0. The van der Waals surface area contributed by atoms with Crippen molar-refractivity contribution in [3.8, 4) is 23.0 Å². The summed E-state index contributed by atoms with van der Waals surface area (Å²) in [7, 11) is 1.11. The van der Waals surface area contributed by atoms with Crippen molar-refractivity contribution in [3.63, 3.8) is 0 Å². The van der Waals surface area contributed by atoms with Crippen molar-refractivity contribution in [1.29, 1.82) is 0 Å². The largest absolute Gasteiger partial charge is 0.493 e. The number of aromatic nitrogens is 1. The topological polar surface area (TPSA) is 221 Å². The molecule has 0 bridgehead atoms. The molecule has 2 atom stereocenters. The highest BCUT2D eigenvalue weighted by molar-refractivity contribution is 6.74. The molecule has 3 aromatic rings. The smallest absolute Gasteiger partial charge is 0.412 e. The van der Waals surface area contributed by atoms with E-state index in [1.54, 1.807) is 37.6 Å². The number of allylic oxidation sites excluding steroid dienone is 2. The van der Waals surface area contributed by atoms with Crippen LogP contribution in [0.5, 0.6) is 23.0 Å². The predicted octanol–water partition coefficient (Wildman–Crippen LogP) is 11.0. The minimum atomic E-state index is -2.26. The number of hydrogen-bond donors (Lipinski definition) is 2. The third kappa shape index (κ3) is 13.9. The zero-order chi connectivity index (χ0) is 58.9. The van der Waals surface area contributed by atoms with Crippen molar-refractivity contribution >= 4 is 63.6 Å². The average Bonchev–Trinajstić information content (AvgIpc) is 4.14. The molecule has 0 spiro atoms. The van der Waals surface area contributed by atoms with E-state index in [9.17, 15) is 28.8 Å². The Kier molecular flexibility index (Phi) is 18.2. The van der Waals surface area contributed by atoms with Crippen molar-refractivity contribution in [2.75, 3.05) is 58.3 Å². The fraction of sp³-hybridized carbons (Fsp3) is 0.509. The number of Topliss-reactive ketones (excluding diaryl/α,β-unsaturated/α-hetero) is 1. The van der Waals surface area contributed by atoms with Gasteiger partial charge in [0.05, 0.1) is 74.7 Å². The summed E-state index contributed by atoms with van der Waals surface area (Å²) in [4.78, 5) is 98.6. The van der Waals surface area contributed by atoms with Crippen molar-refractivity contribution in [3.05, 3.63) is 94.5 Å². The first-order valence-electron chi connectivity index (χ1n) is 26.1. The minimum Gasteiger partial charge on any atom is -0.493 e. The van der Waals surface area contributed by atoms with Crippen LogP contribution >= 0.6 is 0 Å². The van der Waals surface area contributed by atoms with Gasteiger partial charge >= 0.3 is 12.2 Å². The van der Waals surface area contributed by atoms with Gasteiger partial charge in [-0.2, -0.15) is 0 Å². The first kappa shape index (κ1) is 61.3. The quantitative estimate of drug-likeness (QED) is 0.0523.